The minimum Gasteiger partial charge on any atom is -0.350 e. The molecule has 226 valence electrons. The van der Waals surface area contributed by atoms with Crippen LogP contribution in [0.15, 0.2) is 72.8 Å². The normalized spacial score (nSPS) is 12.5. The minimum atomic E-state index is -3.72. The van der Waals surface area contributed by atoms with E-state index in [1.165, 1.54) is 12.1 Å². The molecule has 0 saturated heterocycles. The maximum Gasteiger partial charge on any atom is 0.243 e. The van der Waals surface area contributed by atoms with Crippen molar-refractivity contribution in [3.63, 3.8) is 0 Å². The second-order valence-electron chi connectivity index (χ2n) is 11.5. The number of benzene rings is 3. The number of hydrogen-bond acceptors (Lipinski definition) is 4. The Morgan fingerprint density at radius 3 is 2.17 bits per heavy atom. The molecule has 2 amide bonds. The molecule has 0 radical (unpaired) electrons. The largest absolute Gasteiger partial charge is 0.350 e. The summed E-state index contributed by atoms with van der Waals surface area (Å²) in [5.74, 6) is -0.513. The Bertz CT molecular complexity index is 1470. The van der Waals surface area contributed by atoms with Gasteiger partial charge in [0.15, 0.2) is 0 Å². The van der Waals surface area contributed by atoms with Crippen molar-refractivity contribution in [2.45, 2.75) is 65.1 Å². The lowest BCUT2D eigenvalue weighted by molar-refractivity contribution is -0.142. The van der Waals surface area contributed by atoms with Crippen LogP contribution in [0.4, 0.5) is 5.69 Å². The molecule has 1 N–H and O–H groups in total. The van der Waals surface area contributed by atoms with Crippen molar-refractivity contribution < 1.29 is 18.0 Å². The van der Waals surface area contributed by atoms with E-state index in [1.807, 2.05) is 82.3 Å². The Morgan fingerprint density at radius 2 is 1.57 bits per heavy atom. The van der Waals surface area contributed by atoms with Gasteiger partial charge >= 0.3 is 0 Å². The standard InChI is InChI=1S/C32H39Cl2N3O4S/c1-23-13-15-25(16-14-23)22-36(29(31(39)35-32(2,3)4)20-24-10-7-6-8-11-24)30(38)12-9-19-37(42(5,40)41)28-21-26(33)17-18-27(28)34/h6-8,10-11,13-18,21,29H,9,12,19-20,22H2,1-5H3,(H,35,39)/t29-/m1/s1. The van der Waals surface area contributed by atoms with Gasteiger partial charge < -0.3 is 10.2 Å². The van der Waals surface area contributed by atoms with Gasteiger partial charge in [-0.2, -0.15) is 0 Å². The van der Waals surface area contributed by atoms with E-state index in [-0.39, 0.29) is 48.5 Å². The third-order valence-electron chi connectivity index (χ3n) is 6.57. The number of halogens is 2. The van der Waals surface area contributed by atoms with Crippen molar-refractivity contribution in [3.05, 3.63) is 99.5 Å². The smallest absolute Gasteiger partial charge is 0.243 e. The summed E-state index contributed by atoms with van der Waals surface area (Å²) in [5, 5.41) is 3.63. The van der Waals surface area contributed by atoms with Gasteiger partial charge in [-0.15, -0.1) is 0 Å². The summed E-state index contributed by atoms with van der Waals surface area (Å²) >= 11 is 12.4. The highest BCUT2D eigenvalue weighted by Crippen LogP contribution is 2.31. The SMILES string of the molecule is Cc1ccc(CN(C(=O)CCCN(c2cc(Cl)ccc2Cl)S(C)(=O)=O)[C@H](Cc2ccccc2)C(=O)NC(C)(C)C)cc1. The van der Waals surface area contributed by atoms with Gasteiger partial charge in [0.2, 0.25) is 21.8 Å². The Hall–Kier alpha value is -3.07. The van der Waals surface area contributed by atoms with Crippen molar-refractivity contribution in [1.82, 2.24) is 10.2 Å². The highest BCUT2D eigenvalue weighted by Gasteiger charge is 2.32. The van der Waals surface area contributed by atoms with Crippen LogP contribution < -0.4 is 9.62 Å². The summed E-state index contributed by atoms with van der Waals surface area (Å²) in [6, 6.07) is 21.2. The number of hydrogen-bond donors (Lipinski definition) is 1. The number of rotatable bonds is 12. The molecule has 0 fully saturated rings. The van der Waals surface area contributed by atoms with Crippen LogP contribution >= 0.6 is 23.2 Å². The van der Waals surface area contributed by atoms with Crippen molar-refractivity contribution in [3.8, 4) is 0 Å². The molecule has 3 aromatic carbocycles. The summed E-state index contributed by atoms with van der Waals surface area (Å²) in [7, 11) is -3.72. The molecule has 0 bridgehead atoms. The first-order chi connectivity index (χ1) is 19.6. The minimum absolute atomic E-state index is 0.0144. The lowest BCUT2D eigenvalue weighted by Crippen LogP contribution is -2.54. The van der Waals surface area contributed by atoms with E-state index in [4.69, 9.17) is 23.2 Å². The molecular weight excluding hydrogens is 593 g/mol. The van der Waals surface area contributed by atoms with Crippen LogP contribution in [0.25, 0.3) is 0 Å². The van der Waals surface area contributed by atoms with Crippen LogP contribution in [-0.2, 0) is 32.6 Å². The number of sulfonamides is 1. The number of carbonyl (C=O) groups excluding carboxylic acids is 2. The molecule has 0 saturated carbocycles. The van der Waals surface area contributed by atoms with Crippen LogP contribution in [0.1, 0.15) is 50.3 Å². The van der Waals surface area contributed by atoms with Gasteiger partial charge in [-0.05, 0) is 63.4 Å². The van der Waals surface area contributed by atoms with E-state index in [0.717, 1.165) is 27.3 Å². The van der Waals surface area contributed by atoms with Gasteiger partial charge in [0, 0.05) is 36.5 Å². The predicted octanol–water partition coefficient (Wildman–Crippen LogP) is 6.40. The van der Waals surface area contributed by atoms with Gasteiger partial charge in [-0.25, -0.2) is 8.42 Å². The van der Waals surface area contributed by atoms with Crippen LogP contribution in [0.5, 0.6) is 0 Å². The van der Waals surface area contributed by atoms with Gasteiger partial charge in [-0.1, -0.05) is 83.4 Å². The molecule has 0 aliphatic carbocycles. The molecule has 0 aliphatic rings. The third-order valence-corrected chi connectivity index (χ3v) is 8.31. The molecular formula is C32H39Cl2N3O4S. The van der Waals surface area contributed by atoms with Crippen molar-refractivity contribution in [1.29, 1.82) is 0 Å². The van der Waals surface area contributed by atoms with E-state index in [0.29, 0.717) is 11.4 Å². The second-order valence-corrected chi connectivity index (χ2v) is 14.2. The lowest BCUT2D eigenvalue weighted by atomic mass is 10.00. The van der Waals surface area contributed by atoms with E-state index in [2.05, 4.69) is 5.32 Å². The predicted molar refractivity (Wildman–Crippen MR) is 171 cm³/mol. The molecule has 10 heteroatoms. The van der Waals surface area contributed by atoms with E-state index < -0.39 is 21.6 Å². The van der Waals surface area contributed by atoms with Gasteiger partial charge in [0.1, 0.15) is 6.04 Å². The average Bonchev–Trinajstić information content (AvgIpc) is 2.90. The van der Waals surface area contributed by atoms with Crippen molar-refractivity contribution in [2.75, 3.05) is 17.1 Å². The topological polar surface area (TPSA) is 86.8 Å². The first-order valence-electron chi connectivity index (χ1n) is 13.8. The summed E-state index contributed by atoms with van der Waals surface area (Å²) in [6.45, 7) is 7.93. The number of carbonyl (C=O) groups is 2. The summed E-state index contributed by atoms with van der Waals surface area (Å²) < 4.78 is 26.5. The molecule has 7 nitrogen and oxygen atoms in total. The Morgan fingerprint density at radius 1 is 0.929 bits per heavy atom. The Balaban J connectivity index is 1.92. The molecule has 0 spiro atoms. The summed E-state index contributed by atoms with van der Waals surface area (Å²) in [5.41, 5.74) is 2.65. The monoisotopic (exact) mass is 631 g/mol. The molecule has 0 heterocycles. The second kappa shape index (κ2) is 14.4. The number of aryl methyl sites for hydroxylation is 1. The van der Waals surface area contributed by atoms with E-state index in [1.54, 1.807) is 11.0 Å². The number of anilines is 1. The van der Waals surface area contributed by atoms with E-state index in [9.17, 15) is 18.0 Å². The molecule has 3 aromatic rings. The molecule has 3 rings (SSSR count). The fourth-order valence-corrected chi connectivity index (χ4v) is 5.96. The summed E-state index contributed by atoms with van der Waals surface area (Å²) in [6.07, 6.45) is 1.64. The molecule has 1 atom stereocenters. The number of nitrogens with one attached hydrogen (secondary N) is 1. The average molecular weight is 633 g/mol. The lowest BCUT2D eigenvalue weighted by Gasteiger charge is -2.34. The maximum absolute atomic E-state index is 13.9. The fraction of sp³-hybridized carbons (Fsp3) is 0.375. The third kappa shape index (κ3) is 10.0. The maximum atomic E-state index is 13.9. The van der Waals surface area contributed by atoms with Crippen LogP contribution in [0.3, 0.4) is 0 Å². The Labute approximate surface area is 259 Å². The van der Waals surface area contributed by atoms with Crippen molar-refractivity contribution in [2.24, 2.45) is 0 Å². The summed E-state index contributed by atoms with van der Waals surface area (Å²) in [4.78, 5) is 29.2. The van der Waals surface area contributed by atoms with Gasteiger partial charge in [-0.3, -0.25) is 13.9 Å². The van der Waals surface area contributed by atoms with Gasteiger partial charge in [0.05, 0.1) is 17.0 Å². The number of amides is 2. The van der Waals surface area contributed by atoms with Gasteiger partial charge in [0.25, 0.3) is 0 Å². The molecule has 0 aliphatic heterocycles. The first kappa shape index (κ1) is 33.4. The zero-order valence-corrected chi connectivity index (χ0v) is 27.1. The quantitative estimate of drug-likeness (QED) is 0.250. The van der Waals surface area contributed by atoms with Crippen LogP contribution in [0, 0.1) is 6.92 Å². The van der Waals surface area contributed by atoms with Crippen molar-refractivity contribution >= 4 is 50.7 Å². The highest BCUT2D eigenvalue weighted by molar-refractivity contribution is 7.92. The van der Waals surface area contributed by atoms with Crippen LogP contribution in [-0.4, -0.2) is 49.5 Å². The molecule has 0 unspecified atom stereocenters. The van der Waals surface area contributed by atoms with Crippen LogP contribution in [0.2, 0.25) is 10.0 Å². The fourth-order valence-electron chi connectivity index (χ4n) is 4.56. The Kier molecular flexibility index (Phi) is 11.5. The molecule has 0 aromatic heterocycles. The zero-order valence-electron chi connectivity index (χ0n) is 24.7. The number of nitrogens with zero attached hydrogens (tertiary/aromatic N) is 2. The molecule has 42 heavy (non-hydrogen) atoms. The van der Waals surface area contributed by atoms with E-state index >= 15 is 0 Å². The first-order valence-corrected chi connectivity index (χ1v) is 16.4. The zero-order chi connectivity index (χ0) is 31.1. The highest BCUT2D eigenvalue weighted by atomic mass is 35.5.